The average molecular weight is 259 g/mol. The number of imidazole rings is 1. The van der Waals surface area contributed by atoms with Crippen LogP contribution in [0.2, 0.25) is 0 Å². The first-order valence-corrected chi connectivity index (χ1v) is 6.80. The fourth-order valence-corrected chi connectivity index (χ4v) is 1.86. The van der Waals surface area contributed by atoms with Crippen molar-refractivity contribution in [1.82, 2.24) is 19.9 Å². The third-order valence-electron chi connectivity index (χ3n) is 2.66. The van der Waals surface area contributed by atoms with Gasteiger partial charge in [0.25, 0.3) is 0 Å². The lowest BCUT2D eigenvalue weighted by Gasteiger charge is -2.10. The molecule has 0 aliphatic rings. The van der Waals surface area contributed by atoms with Crippen molar-refractivity contribution in [2.45, 2.75) is 33.6 Å². The van der Waals surface area contributed by atoms with E-state index in [0.717, 1.165) is 30.9 Å². The zero-order valence-electron chi connectivity index (χ0n) is 11.8. The highest BCUT2D eigenvalue weighted by Gasteiger charge is 2.09. The molecule has 2 aromatic heterocycles. The third-order valence-corrected chi connectivity index (χ3v) is 2.66. The minimum absolute atomic E-state index is 0.568. The summed E-state index contributed by atoms with van der Waals surface area (Å²) in [7, 11) is 0. The summed E-state index contributed by atoms with van der Waals surface area (Å²) in [5.74, 6) is 2.81. The Morgan fingerprint density at radius 3 is 2.79 bits per heavy atom. The number of aromatic nitrogens is 4. The van der Waals surface area contributed by atoms with E-state index in [9.17, 15) is 0 Å². The van der Waals surface area contributed by atoms with E-state index in [-0.39, 0.29) is 0 Å². The van der Waals surface area contributed by atoms with Crippen LogP contribution in [-0.4, -0.2) is 26.5 Å². The summed E-state index contributed by atoms with van der Waals surface area (Å²) in [6.45, 7) is 7.42. The summed E-state index contributed by atoms with van der Waals surface area (Å²) in [6, 6.07) is 2.03. The van der Waals surface area contributed by atoms with E-state index in [1.54, 1.807) is 12.4 Å². The Hall–Kier alpha value is -1.91. The van der Waals surface area contributed by atoms with Crippen molar-refractivity contribution in [3.05, 3.63) is 24.2 Å². The Bertz CT molecular complexity index is 505. The van der Waals surface area contributed by atoms with Crippen molar-refractivity contribution >= 4 is 5.82 Å². The SMILES string of the molecule is CCCNc1cc(CC(C)C)nc(-c2ncc[nH]2)n1. The van der Waals surface area contributed by atoms with Crippen molar-refractivity contribution < 1.29 is 0 Å². The summed E-state index contributed by atoms with van der Waals surface area (Å²) >= 11 is 0. The van der Waals surface area contributed by atoms with E-state index in [0.29, 0.717) is 17.6 Å². The summed E-state index contributed by atoms with van der Waals surface area (Å²) in [4.78, 5) is 16.4. The maximum atomic E-state index is 4.58. The van der Waals surface area contributed by atoms with Crippen molar-refractivity contribution in [3.8, 4) is 11.6 Å². The van der Waals surface area contributed by atoms with Crippen LogP contribution in [0.3, 0.4) is 0 Å². The van der Waals surface area contributed by atoms with Gasteiger partial charge >= 0.3 is 0 Å². The molecule has 2 N–H and O–H groups in total. The largest absolute Gasteiger partial charge is 0.370 e. The zero-order valence-corrected chi connectivity index (χ0v) is 11.8. The van der Waals surface area contributed by atoms with Gasteiger partial charge in [-0.15, -0.1) is 0 Å². The van der Waals surface area contributed by atoms with Gasteiger partial charge in [-0.1, -0.05) is 20.8 Å². The first kappa shape index (κ1) is 13.5. The maximum Gasteiger partial charge on any atom is 0.197 e. The minimum Gasteiger partial charge on any atom is -0.370 e. The van der Waals surface area contributed by atoms with Crippen molar-refractivity contribution in [2.75, 3.05) is 11.9 Å². The highest BCUT2D eigenvalue weighted by atomic mass is 15.1. The molecule has 0 aromatic carbocycles. The Morgan fingerprint density at radius 1 is 1.32 bits per heavy atom. The molecule has 5 heteroatoms. The number of hydrogen-bond acceptors (Lipinski definition) is 4. The lowest BCUT2D eigenvalue weighted by molar-refractivity contribution is 0.634. The van der Waals surface area contributed by atoms with Gasteiger partial charge in [0.1, 0.15) is 5.82 Å². The predicted octanol–water partition coefficient (Wildman–Crippen LogP) is 2.89. The molecule has 0 unspecified atom stereocenters. The number of H-pyrrole nitrogens is 1. The molecule has 0 aliphatic heterocycles. The Morgan fingerprint density at radius 2 is 2.16 bits per heavy atom. The number of anilines is 1. The van der Waals surface area contributed by atoms with Crippen LogP contribution in [-0.2, 0) is 6.42 Å². The molecule has 0 fully saturated rings. The highest BCUT2D eigenvalue weighted by molar-refractivity contribution is 5.49. The number of aromatic amines is 1. The monoisotopic (exact) mass is 259 g/mol. The molecule has 0 amide bonds. The molecule has 0 radical (unpaired) electrons. The van der Waals surface area contributed by atoms with Crippen molar-refractivity contribution in [1.29, 1.82) is 0 Å². The molecule has 2 rings (SSSR count). The molecule has 0 bridgehead atoms. The van der Waals surface area contributed by atoms with Crippen molar-refractivity contribution in [3.63, 3.8) is 0 Å². The minimum atomic E-state index is 0.568. The Labute approximate surface area is 113 Å². The molecule has 102 valence electrons. The molecule has 0 spiro atoms. The number of rotatable bonds is 6. The molecule has 0 saturated heterocycles. The zero-order chi connectivity index (χ0) is 13.7. The van der Waals surface area contributed by atoms with Gasteiger partial charge in [-0.2, -0.15) is 0 Å². The topological polar surface area (TPSA) is 66.5 Å². The highest BCUT2D eigenvalue weighted by Crippen LogP contribution is 2.16. The van der Waals surface area contributed by atoms with E-state index in [2.05, 4.69) is 46.0 Å². The second kappa shape index (κ2) is 6.31. The number of nitrogens with zero attached hydrogens (tertiary/aromatic N) is 3. The molecule has 5 nitrogen and oxygen atoms in total. The van der Waals surface area contributed by atoms with Crippen molar-refractivity contribution in [2.24, 2.45) is 5.92 Å². The van der Waals surface area contributed by atoms with Gasteiger partial charge in [0, 0.05) is 30.7 Å². The fraction of sp³-hybridized carbons (Fsp3) is 0.500. The molecular formula is C14H21N5. The fourth-order valence-electron chi connectivity index (χ4n) is 1.86. The summed E-state index contributed by atoms with van der Waals surface area (Å²) < 4.78 is 0. The van der Waals surface area contributed by atoms with Gasteiger partial charge in [-0.3, -0.25) is 0 Å². The molecule has 0 saturated carbocycles. The first-order chi connectivity index (χ1) is 9.19. The van der Waals surface area contributed by atoms with E-state index < -0.39 is 0 Å². The third kappa shape index (κ3) is 3.77. The van der Waals surface area contributed by atoms with Crippen LogP contribution in [0, 0.1) is 5.92 Å². The summed E-state index contributed by atoms with van der Waals surface area (Å²) in [5.41, 5.74) is 1.05. The predicted molar refractivity (Wildman–Crippen MR) is 76.9 cm³/mol. The number of hydrogen-bond donors (Lipinski definition) is 2. The molecule has 2 heterocycles. The van der Waals surface area contributed by atoms with E-state index in [1.807, 2.05) is 6.07 Å². The van der Waals surface area contributed by atoms with Crippen LogP contribution in [0.5, 0.6) is 0 Å². The van der Waals surface area contributed by atoms with Crippen LogP contribution in [0.15, 0.2) is 18.5 Å². The van der Waals surface area contributed by atoms with Crippen LogP contribution in [0.25, 0.3) is 11.6 Å². The standard InChI is InChI=1S/C14H21N5/c1-4-5-15-12-9-11(8-10(2)3)18-14(19-12)13-16-6-7-17-13/h6-7,9-10H,4-5,8H2,1-3H3,(H,16,17)(H,15,18,19). The molecular weight excluding hydrogens is 238 g/mol. The van der Waals surface area contributed by atoms with E-state index >= 15 is 0 Å². The Kier molecular flexibility index (Phi) is 4.49. The smallest absolute Gasteiger partial charge is 0.197 e. The number of nitrogens with one attached hydrogen (secondary N) is 2. The summed E-state index contributed by atoms with van der Waals surface area (Å²) in [6.07, 6.45) is 5.51. The van der Waals surface area contributed by atoms with Crippen LogP contribution in [0.1, 0.15) is 32.9 Å². The summed E-state index contributed by atoms with van der Waals surface area (Å²) in [5, 5.41) is 3.32. The van der Waals surface area contributed by atoms with E-state index in [4.69, 9.17) is 0 Å². The first-order valence-electron chi connectivity index (χ1n) is 6.80. The Balaban J connectivity index is 2.31. The maximum absolute atomic E-state index is 4.58. The van der Waals surface area contributed by atoms with Gasteiger partial charge in [-0.25, -0.2) is 15.0 Å². The van der Waals surface area contributed by atoms with Gasteiger partial charge in [0.05, 0.1) is 0 Å². The molecule has 19 heavy (non-hydrogen) atoms. The lowest BCUT2D eigenvalue weighted by atomic mass is 10.1. The second-order valence-corrected chi connectivity index (χ2v) is 5.03. The van der Waals surface area contributed by atoms with Gasteiger partial charge in [-0.05, 0) is 18.8 Å². The van der Waals surface area contributed by atoms with Gasteiger partial charge in [0.15, 0.2) is 11.6 Å². The lowest BCUT2D eigenvalue weighted by Crippen LogP contribution is -2.07. The molecule has 2 aromatic rings. The normalized spacial score (nSPS) is 10.9. The van der Waals surface area contributed by atoms with E-state index in [1.165, 1.54) is 0 Å². The molecule has 0 aliphatic carbocycles. The van der Waals surface area contributed by atoms with Gasteiger partial charge in [0.2, 0.25) is 0 Å². The van der Waals surface area contributed by atoms with Gasteiger partial charge < -0.3 is 10.3 Å². The quantitative estimate of drug-likeness (QED) is 0.837. The molecule has 0 atom stereocenters. The van der Waals surface area contributed by atoms with Crippen LogP contribution >= 0.6 is 0 Å². The second-order valence-electron chi connectivity index (χ2n) is 5.03. The van der Waals surface area contributed by atoms with Crippen LogP contribution in [0.4, 0.5) is 5.82 Å². The average Bonchev–Trinajstić information content (AvgIpc) is 2.89. The van der Waals surface area contributed by atoms with Crippen LogP contribution < -0.4 is 5.32 Å².